The SMILES string of the molecule is COc1ccc2c(Nc3ccc(C(C)=NOCCN4CCOCC4)cc3)c3c(Cl)coc3nc2c1. The number of methoxy groups -OCH3 is 1. The van der Waals surface area contributed by atoms with Crippen LogP contribution in [0.15, 0.2) is 58.3 Å². The van der Waals surface area contributed by atoms with E-state index in [1.165, 1.54) is 6.26 Å². The van der Waals surface area contributed by atoms with Crippen LogP contribution >= 0.6 is 11.6 Å². The Morgan fingerprint density at radius 1 is 1.17 bits per heavy atom. The lowest BCUT2D eigenvalue weighted by Gasteiger charge is -2.25. The molecule has 1 aliphatic heterocycles. The number of nitrogens with zero attached hydrogens (tertiary/aromatic N) is 3. The molecule has 2 aromatic carbocycles. The van der Waals surface area contributed by atoms with Crippen molar-refractivity contribution in [1.29, 1.82) is 0 Å². The molecule has 9 heteroatoms. The first-order chi connectivity index (χ1) is 17.1. The number of hydrogen-bond acceptors (Lipinski definition) is 8. The van der Waals surface area contributed by atoms with Gasteiger partial charge in [-0.15, -0.1) is 0 Å². The molecule has 1 N–H and O–H groups in total. The van der Waals surface area contributed by atoms with Crippen LogP contribution in [0.5, 0.6) is 5.75 Å². The van der Waals surface area contributed by atoms with Gasteiger partial charge in [-0.3, -0.25) is 4.90 Å². The molecular weight excluding hydrogens is 468 g/mol. The molecule has 0 atom stereocenters. The summed E-state index contributed by atoms with van der Waals surface area (Å²) in [6, 6.07) is 13.7. The van der Waals surface area contributed by atoms with Gasteiger partial charge in [-0.2, -0.15) is 0 Å². The third-order valence-corrected chi connectivity index (χ3v) is 6.33. The second-order valence-electron chi connectivity index (χ2n) is 8.30. The van der Waals surface area contributed by atoms with Gasteiger partial charge in [-0.1, -0.05) is 28.9 Å². The highest BCUT2D eigenvalue weighted by molar-refractivity contribution is 6.37. The third-order valence-electron chi connectivity index (χ3n) is 6.05. The Hall–Kier alpha value is -3.33. The fraction of sp³-hybridized carbons (Fsp3) is 0.308. The average molecular weight is 495 g/mol. The molecule has 5 rings (SSSR count). The maximum absolute atomic E-state index is 6.44. The fourth-order valence-electron chi connectivity index (χ4n) is 4.08. The van der Waals surface area contributed by atoms with Crippen molar-refractivity contribution in [2.75, 3.05) is 51.9 Å². The predicted octanol–water partition coefficient (Wildman–Crippen LogP) is 5.46. The maximum Gasteiger partial charge on any atom is 0.230 e. The average Bonchev–Trinajstić information content (AvgIpc) is 3.27. The van der Waals surface area contributed by atoms with Gasteiger partial charge in [-0.25, -0.2) is 4.98 Å². The van der Waals surface area contributed by atoms with Crippen molar-refractivity contribution in [1.82, 2.24) is 9.88 Å². The summed E-state index contributed by atoms with van der Waals surface area (Å²) in [5.74, 6) is 0.722. The molecule has 8 nitrogen and oxygen atoms in total. The number of aromatic nitrogens is 1. The topological polar surface area (TPSA) is 81.3 Å². The summed E-state index contributed by atoms with van der Waals surface area (Å²) in [6.07, 6.45) is 1.50. The lowest BCUT2D eigenvalue weighted by molar-refractivity contribution is 0.0212. The van der Waals surface area contributed by atoms with Crippen LogP contribution in [-0.4, -0.2) is 62.2 Å². The van der Waals surface area contributed by atoms with Gasteiger partial charge in [-0.05, 0) is 36.8 Å². The van der Waals surface area contributed by atoms with Crippen LogP contribution < -0.4 is 10.1 Å². The minimum absolute atomic E-state index is 0.465. The lowest BCUT2D eigenvalue weighted by atomic mass is 10.1. The number of halogens is 1. The number of morpholine rings is 1. The molecule has 4 aromatic rings. The smallest absolute Gasteiger partial charge is 0.230 e. The molecule has 1 fully saturated rings. The molecule has 1 aliphatic rings. The maximum atomic E-state index is 6.44. The number of oxime groups is 1. The van der Waals surface area contributed by atoms with Gasteiger partial charge < -0.3 is 24.0 Å². The molecule has 3 heterocycles. The van der Waals surface area contributed by atoms with Gasteiger partial charge in [0.15, 0.2) is 0 Å². The van der Waals surface area contributed by atoms with E-state index in [1.807, 2.05) is 49.4 Å². The van der Waals surface area contributed by atoms with Crippen LogP contribution in [0.2, 0.25) is 5.02 Å². The van der Waals surface area contributed by atoms with E-state index >= 15 is 0 Å². The van der Waals surface area contributed by atoms with Crippen molar-refractivity contribution in [2.24, 2.45) is 5.16 Å². The van der Waals surface area contributed by atoms with Crippen molar-refractivity contribution in [3.63, 3.8) is 0 Å². The van der Waals surface area contributed by atoms with E-state index in [0.717, 1.165) is 77.5 Å². The van der Waals surface area contributed by atoms with Crippen LogP contribution in [0.3, 0.4) is 0 Å². The van der Waals surface area contributed by atoms with Gasteiger partial charge in [0.05, 0.1) is 47.6 Å². The van der Waals surface area contributed by atoms with E-state index in [-0.39, 0.29) is 0 Å². The molecule has 0 aliphatic carbocycles. The van der Waals surface area contributed by atoms with E-state index in [2.05, 4.69) is 20.4 Å². The number of anilines is 2. The first-order valence-corrected chi connectivity index (χ1v) is 11.9. The summed E-state index contributed by atoms with van der Waals surface area (Å²) < 4.78 is 16.3. The van der Waals surface area contributed by atoms with E-state index in [9.17, 15) is 0 Å². The summed E-state index contributed by atoms with van der Waals surface area (Å²) in [6.45, 7) is 6.79. The van der Waals surface area contributed by atoms with Gasteiger partial charge in [0.1, 0.15) is 18.6 Å². The minimum atomic E-state index is 0.465. The Labute approximate surface area is 208 Å². The van der Waals surface area contributed by atoms with Crippen LogP contribution in [0, 0.1) is 0 Å². The Balaban J connectivity index is 1.32. The molecule has 182 valence electrons. The second-order valence-corrected chi connectivity index (χ2v) is 8.71. The zero-order valence-electron chi connectivity index (χ0n) is 19.7. The van der Waals surface area contributed by atoms with Crippen LogP contribution in [0.4, 0.5) is 11.4 Å². The van der Waals surface area contributed by atoms with Gasteiger partial charge in [0.25, 0.3) is 0 Å². The van der Waals surface area contributed by atoms with E-state index in [0.29, 0.717) is 17.3 Å². The molecule has 0 spiro atoms. The zero-order chi connectivity index (χ0) is 24.2. The first-order valence-electron chi connectivity index (χ1n) is 11.5. The summed E-state index contributed by atoms with van der Waals surface area (Å²) in [4.78, 5) is 12.5. The number of hydrogen-bond donors (Lipinski definition) is 1. The Kier molecular flexibility index (Phi) is 7.03. The van der Waals surface area contributed by atoms with E-state index < -0.39 is 0 Å². The molecule has 2 aromatic heterocycles. The van der Waals surface area contributed by atoms with Crippen LogP contribution in [0.1, 0.15) is 12.5 Å². The monoisotopic (exact) mass is 494 g/mol. The van der Waals surface area contributed by atoms with Crippen molar-refractivity contribution < 1.29 is 18.7 Å². The summed E-state index contributed by atoms with van der Waals surface area (Å²) in [5, 5.41) is 9.93. The standard InChI is InChI=1S/C26H27ClN4O4/c1-17(30-35-14-11-31-9-12-33-13-10-31)18-3-5-19(6-4-18)28-25-21-8-7-20(32-2)15-23(21)29-26-24(25)22(27)16-34-26/h3-8,15-16H,9-14H2,1-2H3,(H,28,29). The molecule has 35 heavy (non-hydrogen) atoms. The zero-order valence-corrected chi connectivity index (χ0v) is 20.5. The highest BCUT2D eigenvalue weighted by Gasteiger charge is 2.16. The Bertz CT molecular complexity index is 1350. The minimum Gasteiger partial charge on any atom is -0.497 e. The van der Waals surface area contributed by atoms with Crippen molar-refractivity contribution in [3.8, 4) is 5.75 Å². The summed E-state index contributed by atoms with van der Waals surface area (Å²) in [7, 11) is 1.63. The van der Waals surface area contributed by atoms with Crippen LogP contribution in [0.25, 0.3) is 22.0 Å². The molecule has 0 bridgehead atoms. The number of ether oxygens (including phenoxy) is 2. The molecule has 0 unspecified atom stereocenters. The number of rotatable bonds is 8. The highest BCUT2D eigenvalue weighted by atomic mass is 35.5. The highest BCUT2D eigenvalue weighted by Crippen LogP contribution is 2.39. The predicted molar refractivity (Wildman–Crippen MR) is 138 cm³/mol. The van der Waals surface area contributed by atoms with Crippen molar-refractivity contribution in [3.05, 3.63) is 59.3 Å². The lowest BCUT2D eigenvalue weighted by Crippen LogP contribution is -2.38. The van der Waals surface area contributed by atoms with Crippen molar-refractivity contribution >= 4 is 50.7 Å². The number of pyridine rings is 1. The van der Waals surface area contributed by atoms with Crippen molar-refractivity contribution in [2.45, 2.75) is 6.92 Å². The molecule has 0 amide bonds. The Morgan fingerprint density at radius 2 is 1.97 bits per heavy atom. The van der Waals surface area contributed by atoms with Gasteiger partial charge >= 0.3 is 0 Å². The molecule has 1 saturated heterocycles. The first kappa shape index (κ1) is 23.4. The fourth-order valence-corrected chi connectivity index (χ4v) is 4.30. The number of furan rings is 1. The summed E-state index contributed by atoms with van der Waals surface area (Å²) in [5.41, 5.74) is 4.75. The van der Waals surface area contributed by atoms with E-state index in [1.54, 1.807) is 7.11 Å². The van der Waals surface area contributed by atoms with Gasteiger partial charge in [0.2, 0.25) is 5.71 Å². The van der Waals surface area contributed by atoms with E-state index in [4.69, 9.17) is 30.3 Å². The quantitative estimate of drug-likeness (QED) is 0.198. The summed E-state index contributed by atoms with van der Waals surface area (Å²) >= 11 is 6.44. The normalized spacial score (nSPS) is 15.0. The van der Waals surface area contributed by atoms with Crippen LogP contribution in [-0.2, 0) is 9.57 Å². The molecule has 0 radical (unpaired) electrons. The Morgan fingerprint density at radius 3 is 2.74 bits per heavy atom. The molecule has 0 saturated carbocycles. The number of benzene rings is 2. The number of nitrogens with one attached hydrogen (secondary N) is 1. The van der Waals surface area contributed by atoms with Gasteiger partial charge in [0, 0.05) is 36.8 Å². The largest absolute Gasteiger partial charge is 0.497 e. The number of fused-ring (bicyclic) bond motifs is 2. The third kappa shape index (κ3) is 5.19. The second kappa shape index (κ2) is 10.5. The molecular formula is C26H27ClN4O4.